The molecule has 5 heteroatoms. The quantitative estimate of drug-likeness (QED) is 0.292. The van der Waals surface area contributed by atoms with E-state index in [1.807, 2.05) is 78.3 Å². The third kappa shape index (κ3) is 6.35. The summed E-state index contributed by atoms with van der Waals surface area (Å²) in [5, 5.41) is 7.57. The third-order valence-electron chi connectivity index (χ3n) is 5.63. The van der Waals surface area contributed by atoms with Crippen molar-refractivity contribution >= 4 is 6.41 Å². The van der Waals surface area contributed by atoms with Crippen molar-refractivity contribution in [3.63, 3.8) is 0 Å². The Morgan fingerprint density at radius 2 is 1.53 bits per heavy atom. The molecular weight excluding hydrogens is 422 g/mol. The van der Waals surface area contributed by atoms with Crippen LogP contribution in [0, 0.1) is 6.92 Å². The monoisotopic (exact) mass is 455 g/mol. The van der Waals surface area contributed by atoms with E-state index in [4.69, 9.17) is 9.84 Å². The SMILES string of the molecule is CCCCC(NC=O)c1ccccc1.COc1c(C)c(-c2ccccc2)nn1-c1ccccc1. The van der Waals surface area contributed by atoms with Gasteiger partial charge in [-0.25, -0.2) is 4.68 Å². The molecule has 0 radical (unpaired) electrons. The number of para-hydroxylation sites is 1. The standard InChI is InChI=1S/C17H16N2O.C12H17NO/c1-13-16(14-9-5-3-6-10-14)18-19(17(13)20-2)15-11-7-4-8-12-15;1-2-3-9-12(13-10-14)11-7-5-4-6-8-11/h3-12H,1-2H3;4-8,10,12H,2-3,9H2,1H3,(H,13,14). The molecule has 0 saturated carbocycles. The summed E-state index contributed by atoms with van der Waals surface area (Å²) in [6.07, 6.45) is 4.09. The fourth-order valence-electron chi connectivity index (χ4n) is 3.86. The Kier molecular flexibility index (Phi) is 9.47. The number of benzene rings is 3. The minimum absolute atomic E-state index is 0.175. The Morgan fingerprint density at radius 1 is 0.941 bits per heavy atom. The summed E-state index contributed by atoms with van der Waals surface area (Å²) in [4.78, 5) is 10.4. The third-order valence-corrected chi connectivity index (χ3v) is 5.63. The van der Waals surface area contributed by atoms with Crippen LogP contribution in [0.15, 0.2) is 91.0 Å². The molecule has 4 rings (SSSR count). The average molecular weight is 456 g/mol. The highest BCUT2D eigenvalue weighted by atomic mass is 16.5. The molecule has 0 spiro atoms. The zero-order chi connectivity index (χ0) is 24.2. The van der Waals surface area contributed by atoms with Crippen molar-refractivity contribution < 1.29 is 9.53 Å². The van der Waals surface area contributed by atoms with Crippen LogP contribution in [0.2, 0.25) is 0 Å². The van der Waals surface area contributed by atoms with Crippen LogP contribution in [0.5, 0.6) is 5.88 Å². The minimum atomic E-state index is 0.175. The van der Waals surface area contributed by atoms with Crippen LogP contribution in [0.25, 0.3) is 16.9 Å². The lowest BCUT2D eigenvalue weighted by atomic mass is 10.0. The normalized spacial score (nSPS) is 11.1. The van der Waals surface area contributed by atoms with Crippen molar-refractivity contribution in [3.8, 4) is 22.8 Å². The van der Waals surface area contributed by atoms with Crippen LogP contribution in [-0.2, 0) is 4.79 Å². The molecule has 1 aromatic heterocycles. The van der Waals surface area contributed by atoms with Gasteiger partial charge in [0.2, 0.25) is 12.3 Å². The van der Waals surface area contributed by atoms with E-state index in [2.05, 4.69) is 36.5 Å². The Labute approximate surface area is 202 Å². The number of aromatic nitrogens is 2. The van der Waals surface area contributed by atoms with E-state index in [-0.39, 0.29) is 6.04 Å². The molecule has 34 heavy (non-hydrogen) atoms. The number of nitrogens with one attached hydrogen (secondary N) is 1. The lowest BCUT2D eigenvalue weighted by Gasteiger charge is -2.15. The Bertz CT molecular complexity index is 1130. The van der Waals surface area contributed by atoms with E-state index in [9.17, 15) is 4.79 Å². The topological polar surface area (TPSA) is 56.1 Å². The summed E-state index contributed by atoms with van der Waals surface area (Å²) in [7, 11) is 1.68. The summed E-state index contributed by atoms with van der Waals surface area (Å²) in [5.74, 6) is 0.773. The molecule has 0 bridgehead atoms. The summed E-state index contributed by atoms with van der Waals surface area (Å²) in [6.45, 7) is 4.19. The predicted octanol–water partition coefficient (Wildman–Crippen LogP) is 6.52. The van der Waals surface area contributed by atoms with Crippen LogP contribution in [0.4, 0.5) is 0 Å². The minimum Gasteiger partial charge on any atom is -0.481 e. The van der Waals surface area contributed by atoms with Crippen molar-refractivity contribution in [1.29, 1.82) is 0 Å². The molecule has 0 saturated heterocycles. The lowest BCUT2D eigenvalue weighted by Crippen LogP contribution is -2.19. The number of carbonyl (C=O) groups is 1. The van der Waals surface area contributed by atoms with Crippen molar-refractivity contribution in [2.24, 2.45) is 0 Å². The smallest absolute Gasteiger partial charge is 0.220 e. The Balaban J connectivity index is 0.000000204. The molecule has 0 fully saturated rings. The number of hydrogen-bond donors (Lipinski definition) is 1. The Hall–Kier alpha value is -3.86. The first kappa shape index (κ1) is 24.8. The summed E-state index contributed by atoms with van der Waals surface area (Å²) in [6, 6.07) is 30.4. The van der Waals surface area contributed by atoms with Crippen LogP contribution in [-0.4, -0.2) is 23.3 Å². The molecule has 3 aromatic carbocycles. The number of unbranched alkanes of at least 4 members (excludes halogenated alkanes) is 1. The number of ether oxygens (including phenoxy) is 1. The molecule has 0 aliphatic carbocycles. The molecular formula is C29H33N3O2. The second-order valence-electron chi connectivity index (χ2n) is 7.99. The zero-order valence-electron chi connectivity index (χ0n) is 20.1. The molecule has 4 aromatic rings. The number of methoxy groups -OCH3 is 1. The van der Waals surface area contributed by atoms with E-state index in [1.54, 1.807) is 7.11 Å². The highest BCUT2D eigenvalue weighted by Crippen LogP contribution is 2.31. The van der Waals surface area contributed by atoms with Crippen molar-refractivity contribution in [3.05, 3.63) is 102 Å². The van der Waals surface area contributed by atoms with Crippen molar-refractivity contribution in [2.75, 3.05) is 7.11 Å². The Morgan fingerprint density at radius 3 is 2.09 bits per heavy atom. The predicted molar refractivity (Wildman–Crippen MR) is 138 cm³/mol. The first-order chi connectivity index (χ1) is 16.7. The van der Waals surface area contributed by atoms with Gasteiger partial charge in [0.15, 0.2) is 0 Å². The van der Waals surface area contributed by atoms with Gasteiger partial charge in [-0.1, -0.05) is 98.6 Å². The van der Waals surface area contributed by atoms with Crippen LogP contribution in [0.3, 0.4) is 0 Å². The van der Waals surface area contributed by atoms with Gasteiger partial charge in [0.25, 0.3) is 0 Å². The largest absolute Gasteiger partial charge is 0.481 e. The first-order valence-corrected chi connectivity index (χ1v) is 11.7. The van der Waals surface area contributed by atoms with E-state index in [1.165, 1.54) is 5.56 Å². The summed E-state index contributed by atoms with van der Waals surface area (Å²) < 4.78 is 7.38. The van der Waals surface area contributed by atoms with Gasteiger partial charge in [0.1, 0.15) is 0 Å². The van der Waals surface area contributed by atoms with E-state index in [0.717, 1.165) is 54.1 Å². The maximum Gasteiger partial charge on any atom is 0.220 e. The summed E-state index contributed by atoms with van der Waals surface area (Å²) in [5.41, 5.74) is 5.27. The van der Waals surface area contributed by atoms with E-state index < -0.39 is 0 Å². The van der Waals surface area contributed by atoms with Crippen LogP contribution >= 0.6 is 0 Å². The van der Waals surface area contributed by atoms with Gasteiger partial charge >= 0.3 is 0 Å². The number of amides is 1. The molecule has 0 aliphatic rings. The second kappa shape index (κ2) is 13.0. The van der Waals surface area contributed by atoms with Gasteiger partial charge in [-0.05, 0) is 31.0 Å². The molecule has 1 amide bonds. The fraction of sp³-hybridized carbons (Fsp3) is 0.241. The number of rotatable bonds is 9. The number of carbonyl (C=O) groups excluding carboxylic acids is 1. The maximum atomic E-state index is 10.4. The molecule has 0 aliphatic heterocycles. The molecule has 1 heterocycles. The molecule has 176 valence electrons. The van der Waals surface area contributed by atoms with Gasteiger partial charge in [-0.15, -0.1) is 0 Å². The number of nitrogens with zero attached hydrogens (tertiary/aromatic N) is 2. The van der Waals surface area contributed by atoms with Crippen LogP contribution < -0.4 is 10.1 Å². The molecule has 5 nitrogen and oxygen atoms in total. The zero-order valence-corrected chi connectivity index (χ0v) is 20.1. The second-order valence-corrected chi connectivity index (χ2v) is 7.99. The lowest BCUT2D eigenvalue weighted by molar-refractivity contribution is -0.110. The van der Waals surface area contributed by atoms with Gasteiger partial charge < -0.3 is 10.1 Å². The van der Waals surface area contributed by atoms with Crippen LogP contribution in [0.1, 0.15) is 43.4 Å². The van der Waals surface area contributed by atoms with Gasteiger partial charge in [0, 0.05) is 11.1 Å². The van der Waals surface area contributed by atoms with E-state index in [0.29, 0.717) is 0 Å². The average Bonchev–Trinajstić information content (AvgIpc) is 3.24. The van der Waals surface area contributed by atoms with Gasteiger partial charge in [-0.3, -0.25) is 4.79 Å². The molecule has 1 unspecified atom stereocenters. The highest BCUT2D eigenvalue weighted by molar-refractivity contribution is 5.66. The maximum absolute atomic E-state index is 10.4. The van der Waals surface area contributed by atoms with Crippen molar-refractivity contribution in [1.82, 2.24) is 15.1 Å². The fourth-order valence-corrected chi connectivity index (χ4v) is 3.86. The molecule has 1 atom stereocenters. The van der Waals surface area contributed by atoms with E-state index >= 15 is 0 Å². The highest BCUT2D eigenvalue weighted by Gasteiger charge is 2.17. The van der Waals surface area contributed by atoms with Gasteiger partial charge in [-0.2, -0.15) is 5.10 Å². The van der Waals surface area contributed by atoms with Gasteiger partial charge in [0.05, 0.1) is 24.5 Å². The first-order valence-electron chi connectivity index (χ1n) is 11.7. The molecule has 1 N–H and O–H groups in total. The summed E-state index contributed by atoms with van der Waals surface area (Å²) >= 11 is 0. The number of hydrogen-bond acceptors (Lipinski definition) is 3. The van der Waals surface area contributed by atoms with Crippen molar-refractivity contribution in [2.45, 2.75) is 39.2 Å².